The van der Waals surface area contributed by atoms with Crippen LogP contribution >= 0.6 is 7.82 Å². The van der Waals surface area contributed by atoms with Crippen molar-refractivity contribution >= 4 is 31.7 Å². The molecule has 2 aromatic rings. The van der Waals surface area contributed by atoms with Gasteiger partial charge in [-0.2, -0.15) is 5.10 Å². The number of urea groups is 1. The molecule has 1 aromatic carbocycles. The highest BCUT2D eigenvalue weighted by atomic mass is 31.2. The van der Waals surface area contributed by atoms with E-state index in [1.807, 2.05) is 0 Å². The molecule has 2 heterocycles. The van der Waals surface area contributed by atoms with Gasteiger partial charge in [-0.25, -0.2) is 19.3 Å². The first-order chi connectivity index (χ1) is 13.6. The Kier molecular flexibility index (Phi) is 5.57. The number of nitro groups is 1. The number of benzene rings is 1. The van der Waals surface area contributed by atoms with Gasteiger partial charge in [0.15, 0.2) is 0 Å². The standard InChI is InChI=1S/C15H13N4O9P/c20-14-8-18(15(21)17(14)9-27-29(24,25)26)16-7-12-5-6-13(28-12)10-1-3-11(4-2-10)19(22)23/h1-7H,8-9H2,(H2,24,25,26)/b16-7+. The zero-order valence-electron chi connectivity index (χ0n) is 14.4. The molecule has 1 fully saturated rings. The molecule has 152 valence electrons. The van der Waals surface area contributed by atoms with Crippen LogP contribution < -0.4 is 0 Å². The van der Waals surface area contributed by atoms with Gasteiger partial charge in [0.2, 0.25) is 0 Å². The second kappa shape index (κ2) is 7.93. The predicted molar refractivity (Wildman–Crippen MR) is 95.3 cm³/mol. The number of non-ortho nitro benzene ring substituents is 1. The Labute approximate surface area is 162 Å². The van der Waals surface area contributed by atoms with E-state index in [9.17, 15) is 24.3 Å². The van der Waals surface area contributed by atoms with E-state index in [2.05, 4.69) is 9.63 Å². The molecule has 13 nitrogen and oxygen atoms in total. The van der Waals surface area contributed by atoms with Crippen molar-refractivity contribution in [3.8, 4) is 11.3 Å². The molecule has 29 heavy (non-hydrogen) atoms. The number of phosphoric acid groups is 1. The topological polar surface area (TPSA) is 176 Å². The zero-order valence-corrected chi connectivity index (χ0v) is 15.3. The molecule has 1 aliphatic rings. The van der Waals surface area contributed by atoms with E-state index in [0.29, 0.717) is 16.2 Å². The maximum Gasteiger partial charge on any atom is 0.471 e. The molecule has 0 radical (unpaired) electrons. The van der Waals surface area contributed by atoms with Gasteiger partial charge in [0, 0.05) is 17.7 Å². The SMILES string of the molecule is O=C1CN(/N=C/c2ccc(-c3ccc([N+](=O)[O-])cc3)o2)C(=O)N1COP(=O)(O)O. The summed E-state index contributed by atoms with van der Waals surface area (Å²) in [5.74, 6) is -0.100. The van der Waals surface area contributed by atoms with Crippen LogP contribution in [0.15, 0.2) is 45.9 Å². The molecule has 3 amide bonds. The number of hydrogen-bond donors (Lipinski definition) is 2. The zero-order chi connectivity index (χ0) is 21.2. The Morgan fingerprint density at radius 2 is 1.93 bits per heavy atom. The number of phosphoric ester groups is 1. The van der Waals surface area contributed by atoms with Crippen LogP contribution in [-0.2, 0) is 13.9 Å². The number of hydrazone groups is 1. The van der Waals surface area contributed by atoms with E-state index < -0.39 is 38.0 Å². The number of rotatable bonds is 7. The van der Waals surface area contributed by atoms with E-state index >= 15 is 0 Å². The smallest absolute Gasteiger partial charge is 0.455 e. The van der Waals surface area contributed by atoms with Gasteiger partial charge in [0.05, 0.1) is 11.1 Å². The van der Waals surface area contributed by atoms with Crippen LogP contribution in [0.4, 0.5) is 10.5 Å². The van der Waals surface area contributed by atoms with Crippen molar-refractivity contribution in [2.45, 2.75) is 0 Å². The molecule has 1 aliphatic heterocycles. The third-order valence-electron chi connectivity index (χ3n) is 3.71. The fraction of sp³-hybridized carbons (Fsp3) is 0.133. The quantitative estimate of drug-likeness (QED) is 0.219. The van der Waals surface area contributed by atoms with Crippen molar-refractivity contribution in [3.05, 3.63) is 52.3 Å². The molecule has 1 aromatic heterocycles. The highest BCUT2D eigenvalue weighted by molar-refractivity contribution is 7.46. The maximum atomic E-state index is 12.1. The highest BCUT2D eigenvalue weighted by Gasteiger charge is 2.37. The van der Waals surface area contributed by atoms with Crippen LogP contribution in [0.25, 0.3) is 11.3 Å². The second-order valence-corrected chi connectivity index (χ2v) is 6.90. The van der Waals surface area contributed by atoms with Gasteiger partial charge in [-0.3, -0.25) is 19.4 Å². The Morgan fingerprint density at radius 3 is 2.55 bits per heavy atom. The van der Waals surface area contributed by atoms with Crippen molar-refractivity contribution in [3.63, 3.8) is 0 Å². The lowest BCUT2D eigenvalue weighted by atomic mass is 10.1. The summed E-state index contributed by atoms with van der Waals surface area (Å²) in [6, 6.07) is 7.90. The van der Waals surface area contributed by atoms with Crippen LogP contribution in [0, 0.1) is 10.1 Å². The summed E-state index contributed by atoms with van der Waals surface area (Å²) < 4.78 is 20.4. The molecular weight excluding hydrogens is 411 g/mol. The molecule has 0 atom stereocenters. The predicted octanol–water partition coefficient (Wildman–Crippen LogP) is 1.52. The van der Waals surface area contributed by atoms with Crippen LogP contribution in [0.2, 0.25) is 0 Å². The molecule has 0 spiro atoms. The van der Waals surface area contributed by atoms with Gasteiger partial charge in [-0.15, -0.1) is 0 Å². The normalized spacial score (nSPS) is 15.0. The minimum Gasteiger partial charge on any atom is -0.455 e. The summed E-state index contributed by atoms with van der Waals surface area (Å²) in [4.78, 5) is 51.8. The number of carbonyl (C=O) groups is 2. The number of carbonyl (C=O) groups excluding carboxylic acids is 2. The first kappa shape index (κ1) is 20.4. The molecular formula is C15H13N4O9P. The van der Waals surface area contributed by atoms with Gasteiger partial charge in [0.1, 0.15) is 24.8 Å². The van der Waals surface area contributed by atoms with E-state index in [1.165, 1.54) is 36.5 Å². The molecule has 0 unspecified atom stereocenters. The molecule has 0 saturated carbocycles. The van der Waals surface area contributed by atoms with E-state index in [1.54, 1.807) is 6.07 Å². The summed E-state index contributed by atoms with van der Waals surface area (Å²) >= 11 is 0. The number of furan rings is 1. The van der Waals surface area contributed by atoms with Gasteiger partial charge < -0.3 is 14.2 Å². The van der Waals surface area contributed by atoms with E-state index in [0.717, 1.165) is 5.01 Å². The monoisotopic (exact) mass is 424 g/mol. The fourth-order valence-electron chi connectivity index (χ4n) is 2.33. The van der Waals surface area contributed by atoms with Crippen molar-refractivity contribution in [1.29, 1.82) is 0 Å². The maximum absolute atomic E-state index is 12.1. The summed E-state index contributed by atoms with van der Waals surface area (Å²) in [5, 5.41) is 15.3. The lowest BCUT2D eigenvalue weighted by Crippen LogP contribution is -2.33. The largest absolute Gasteiger partial charge is 0.471 e. The fourth-order valence-corrected chi connectivity index (χ4v) is 2.59. The minimum atomic E-state index is -4.84. The summed E-state index contributed by atoms with van der Waals surface area (Å²) in [7, 11) is -4.84. The van der Waals surface area contributed by atoms with Gasteiger partial charge >= 0.3 is 13.9 Å². The van der Waals surface area contributed by atoms with Crippen molar-refractivity contribution in [1.82, 2.24) is 9.91 Å². The van der Waals surface area contributed by atoms with Gasteiger partial charge in [0.25, 0.3) is 11.6 Å². The van der Waals surface area contributed by atoms with Gasteiger partial charge in [-0.05, 0) is 24.3 Å². The van der Waals surface area contributed by atoms with Crippen LogP contribution in [0.5, 0.6) is 0 Å². The first-order valence-corrected chi connectivity index (χ1v) is 9.38. The third-order valence-corrected chi connectivity index (χ3v) is 4.16. The minimum absolute atomic E-state index is 0.0633. The third kappa shape index (κ3) is 4.92. The van der Waals surface area contributed by atoms with Crippen LogP contribution in [0.3, 0.4) is 0 Å². The number of hydrogen-bond acceptors (Lipinski definition) is 8. The molecule has 3 rings (SSSR count). The Balaban J connectivity index is 1.66. The lowest BCUT2D eigenvalue weighted by Gasteiger charge is -2.13. The summed E-state index contributed by atoms with van der Waals surface area (Å²) in [5.41, 5.74) is 0.523. The summed E-state index contributed by atoms with van der Waals surface area (Å²) in [6.07, 6.45) is 1.17. The van der Waals surface area contributed by atoms with Crippen LogP contribution in [-0.4, -0.2) is 56.0 Å². The number of amides is 3. The van der Waals surface area contributed by atoms with Crippen molar-refractivity contribution < 1.29 is 37.8 Å². The van der Waals surface area contributed by atoms with Crippen molar-refractivity contribution in [2.24, 2.45) is 5.10 Å². The first-order valence-electron chi connectivity index (χ1n) is 7.84. The average molecular weight is 424 g/mol. The Hall–Kier alpha value is -3.38. The van der Waals surface area contributed by atoms with E-state index in [-0.39, 0.29) is 11.4 Å². The van der Waals surface area contributed by atoms with E-state index in [4.69, 9.17) is 14.2 Å². The second-order valence-electron chi connectivity index (χ2n) is 5.66. The van der Waals surface area contributed by atoms with Crippen LogP contribution in [0.1, 0.15) is 5.76 Å². The molecule has 1 saturated heterocycles. The molecule has 0 bridgehead atoms. The molecule has 14 heteroatoms. The molecule has 2 N–H and O–H groups in total. The average Bonchev–Trinajstić information content (AvgIpc) is 3.22. The number of imide groups is 1. The highest BCUT2D eigenvalue weighted by Crippen LogP contribution is 2.36. The number of nitrogens with zero attached hydrogens (tertiary/aromatic N) is 4. The lowest BCUT2D eigenvalue weighted by molar-refractivity contribution is -0.384. The Morgan fingerprint density at radius 1 is 1.24 bits per heavy atom. The molecule has 0 aliphatic carbocycles. The number of nitro benzene ring substituents is 1. The summed E-state index contributed by atoms with van der Waals surface area (Å²) in [6.45, 7) is -1.34. The van der Waals surface area contributed by atoms with Gasteiger partial charge in [-0.1, -0.05) is 0 Å². The Bertz CT molecular complexity index is 1030. The van der Waals surface area contributed by atoms with Crippen molar-refractivity contribution in [2.75, 3.05) is 13.3 Å².